The van der Waals surface area contributed by atoms with Crippen LogP contribution in [0.15, 0.2) is 36.5 Å². The van der Waals surface area contributed by atoms with Crippen LogP contribution in [0.25, 0.3) is 0 Å². The number of nitrogens with zero attached hydrogens (tertiary/aromatic N) is 2. The number of hydrogen-bond donors (Lipinski definition) is 1. The van der Waals surface area contributed by atoms with E-state index < -0.39 is 0 Å². The number of anilines is 2. The highest BCUT2D eigenvalue weighted by atomic mass is 16.1. The Bertz CT molecular complexity index is 646. The Morgan fingerprint density at radius 1 is 1.09 bits per heavy atom. The number of aryl methyl sites for hydroxylation is 2. The fraction of sp³-hybridized carbons (Fsp3) is 0.333. The van der Waals surface area contributed by atoms with Gasteiger partial charge in [0, 0.05) is 18.8 Å². The van der Waals surface area contributed by atoms with Gasteiger partial charge >= 0.3 is 0 Å². The molecule has 1 amide bonds. The maximum absolute atomic E-state index is 12.2. The van der Waals surface area contributed by atoms with Crippen LogP contribution in [0.3, 0.4) is 0 Å². The highest BCUT2D eigenvalue weighted by Crippen LogP contribution is 2.16. The first-order valence-electron chi connectivity index (χ1n) is 7.64. The normalized spacial score (nSPS) is 10.4. The number of rotatable bonds is 5. The molecule has 0 saturated heterocycles. The average molecular weight is 297 g/mol. The first-order chi connectivity index (χ1) is 10.5. The third kappa shape index (κ3) is 3.64. The number of hydrogen-bond acceptors (Lipinski definition) is 3. The topological polar surface area (TPSA) is 45.2 Å². The van der Waals surface area contributed by atoms with Gasteiger partial charge in [-0.05, 0) is 63.1 Å². The van der Waals surface area contributed by atoms with E-state index in [-0.39, 0.29) is 5.91 Å². The number of benzene rings is 1. The molecule has 2 rings (SSSR count). The van der Waals surface area contributed by atoms with E-state index in [9.17, 15) is 4.79 Å². The molecular weight excluding hydrogens is 274 g/mol. The van der Waals surface area contributed by atoms with Gasteiger partial charge in [-0.1, -0.05) is 6.07 Å². The van der Waals surface area contributed by atoms with Crippen LogP contribution in [0, 0.1) is 13.8 Å². The van der Waals surface area contributed by atoms with Crippen LogP contribution >= 0.6 is 0 Å². The maximum atomic E-state index is 12.2. The number of carbonyl (C=O) groups excluding carboxylic acids is 1. The van der Waals surface area contributed by atoms with Crippen molar-refractivity contribution in [1.29, 1.82) is 0 Å². The lowest BCUT2D eigenvalue weighted by atomic mass is 10.1. The number of carbonyl (C=O) groups is 1. The highest BCUT2D eigenvalue weighted by Gasteiger charge is 2.09. The van der Waals surface area contributed by atoms with Gasteiger partial charge < -0.3 is 10.2 Å². The van der Waals surface area contributed by atoms with Crippen LogP contribution in [0.2, 0.25) is 0 Å². The van der Waals surface area contributed by atoms with Crippen LogP contribution in [0.4, 0.5) is 11.4 Å². The van der Waals surface area contributed by atoms with Gasteiger partial charge in [0.15, 0.2) is 0 Å². The molecule has 0 fully saturated rings. The lowest BCUT2D eigenvalue weighted by molar-refractivity contribution is 0.102. The monoisotopic (exact) mass is 297 g/mol. The number of pyridine rings is 1. The molecule has 0 saturated carbocycles. The SMILES string of the molecule is CCN(CC)c1ccc(C(=O)Nc2ccc(C)c(C)c2)nc1. The molecule has 0 unspecified atom stereocenters. The van der Waals surface area contributed by atoms with Crippen molar-refractivity contribution in [3.63, 3.8) is 0 Å². The van der Waals surface area contributed by atoms with Crippen LogP contribution in [0.1, 0.15) is 35.5 Å². The Kier molecular flexibility index (Phi) is 5.15. The summed E-state index contributed by atoms with van der Waals surface area (Å²) in [4.78, 5) is 18.7. The minimum Gasteiger partial charge on any atom is -0.371 e. The van der Waals surface area contributed by atoms with Gasteiger partial charge in [0.05, 0.1) is 11.9 Å². The molecule has 1 aromatic heterocycles. The predicted octanol–water partition coefficient (Wildman–Crippen LogP) is 3.80. The molecule has 0 atom stereocenters. The molecule has 4 heteroatoms. The van der Waals surface area contributed by atoms with Crippen LogP contribution < -0.4 is 10.2 Å². The molecule has 0 aliphatic heterocycles. The standard InChI is InChI=1S/C18H23N3O/c1-5-21(6-2)16-9-10-17(19-12-16)18(22)20-15-8-7-13(3)14(4)11-15/h7-12H,5-6H2,1-4H3,(H,20,22). The zero-order valence-corrected chi connectivity index (χ0v) is 13.7. The van der Waals surface area contributed by atoms with E-state index in [1.165, 1.54) is 5.56 Å². The minimum atomic E-state index is -0.186. The second-order valence-electron chi connectivity index (χ2n) is 5.33. The van der Waals surface area contributed by atoms with Crippen molar-refractivity contribution in [2.45, 2.75) is 27.7 Å². The zero-order valence-electron chi connectivity index (χ0n) is 13.7. The van der Waals surface area contributed by atoms with Crippen molar-refractivity contribution in [1.82, 2.24) is 4.98 Å². The van der Waals surface area contributed by atoms with E-state index in [0.29, 0.717) is 5.69 Å². The summed E-state index contributed by atoms with van der Waals surface area (Å²) in [6, 6.07) is 9.59. The number of nitrogens with one attached hydrogen (secondary N) is 1. The van der Waals surface area contributed by atoms with Crippen molar-refractivity contribution in [3.8, 4) is 0 Å². The summed E-state index contributed by atoms with van der Waals surface area (Å²) in [5, 5.41) is 2.89. The van der Waals surface area contributed by atoms with E-state index in [1.54, 1.807) is 12.3 Å². The first kappa shape index (κ1) is 16.0. The molecule has 0 aliphatic carbocycles. The summed E-state index contributed by atoms with van der Waals surface area (Å²) in [6.07, 6.45) is 1.75. The molecule has 2 aromatic rings. The molecule has 0 radical (unpaired) electrons. The van der Waals surface area contributed by atoms with Crippen LogP contribution in [-0.2, 0) is 0 Å². The second-order valence-corrected chi connectivity index (χ2v) is 5.33. The summed E-state index contributed by atoms with van der Waals surface area (Å²) in [6.45, 7) is 10.1. The summed E-state index contributed by atoms with van der Waals surface area (Å²) in [7, 11) is 0. The Labute approximate surface area is 132 Å². The van der Waals surface area contributed by atoms with Gasteiger partial charge in [-0.15, -0.1) is 0 Å². The van der Waals surface area contributed by atoms with E-state index in [4.69, 9.17) is 0 Å². The van der Waals surface area contributed by atoms with E-state index in [2.05, 4.69) is 36.0 Å². The van der Waals surface area contributed by atoms with Crippen molar-refractivity contribution < 1.29 is 4.79 Å². The molecule has 4 nitrogen and oxygen atoms in total. The Morgan fingerprint density at radius 3 is 2.36 bits per heavy atom. The number of amides is 1. The second kappa shape index (κ2) is 7.07. The third-order valence-corrected chi connectivity index (χ3v) is 3.87. The minimum absolute atomic E-state index is 0.186. The fourth-order valence-corrected chi connectivity index (χ4v) is 2.31. The van der Waals surface area contributed by atoms with Gasteiger partial charge in [-0.2, -0.15) is 0 Å². The third-order valence-electron chi connectivity index (χ3n) is 3.87. The van der Waals surface area contributed by atoms with Crippen molar-refractivity contribution >= 4 is 17.3 Å². The molecule has 1 N–H and O–H groups in total. The van der Waals surface area contributed by atoms with Gasteiger partial charge in [-0.3, -0.25) is 4.79 Å². The molecule has 1 aromatic carbocycles. The van der Waals surface area contributed by atoms with Gasteiger partial charge in [0.25, 0.3) is 5.91 Å². The Balaban J connectivity index is 2.11. The van der Waals surface area contributed by atoms with Crippen molar-refractivity contribution in [2.75, 3.05) is 23.3 Å². The zero-order chi connectivity index (χ0) is 16.1. The lowest BCUT2D eigenvalue weighted by Gasteiger charge is -2.20. The Morgan fingerprint density at radius 2 is 1.82 bits per heavy atom. The largest absolute Gasteiger partial charge is 0.371 e. The summed E-state index contributed by atoms with van der Waals surface area (Å²) in [5.41, 5.74) is 4.62. The predicted molar refractivity (Wildman–Crippen MR) is 91.7 cm³/mol. The van der Waals surface area contributed by atoms with Crippen LogP contribution in [-0.4, -0.2) is 24.0 Å². The molecule has 1 heterocycles. The van der Waals surface area contributed by atoms with Crippen molar-refractivity contribution in [3.05, 3.63) is 53.3 Å². The highest BCUT2D eigenvalue weighted by molar-refractivity contribution is 6.03. The molecule has 116 valence electrons. The summed E-state index contributed by atoms with van der Waals surface area (Å²) in [5.74, 6) is -0.186. The van der Waals surface area contributed by atoms with E-state index >= 15 is 0 Å². The molecule has 22 heavy (non-hydrogen) atoms. The molecule has 0 bridgehead atoms. The fourth-order valence-electron chi connectivity index (χ4n) is 2.31. The average Bonchev–Trinajstić information content (AvgIpc) is 2.53. The lowest BCUT2D eigenvalue weighted by Crippen LogP contribution is -2.22. The number of aromatic nitrogens is 1. The van der Waals surface area contributed by atoms with Crippen molar-refractivity contribution in [2.24, 2.45) is 0 Å². The quantitative estimate of drug-likeness (QED) is 0.913. The molecule has 0 aliphatic rings. The molecular formula is C18H23N3O. The van der Waals surface area contributed by atoms with Crippen LogP contribution in [0.5, 0.6) is 0 Å². The first-order valence-corrected chi connectivity index (χ1v) is 7.64. The maximum Gasteiger partial charge on any atom is 0.274 e. The van der Waals surface area contributed by atoms with E-state index in [0.717, 1.165) is 30.0 Å². The summed E-state index contributed by atoms with van der Waals surface area (Å²) >= 11 is 0. The summed E-state index contributed by atoms with van der Waals surface area (Å²) < 4.78 is 0. The smallest absolute Gasteiger partial charge is 0.274 e. The molecule has 0 spiro atoms. The van der Waals surface area contributed by atoms with Gasteiger partial charge in [0.2, 0.25) is 0 Å². The van der Waals surface area contributed by atoms with Gasteiger partial charge in [-0.25, -0.2) is 4.98 Å². The van der Waals surface area contributed by atoms with E-state index in [1.807, 2.05) is 31.2 Å². The Hall–Kier alpha value is -2.36. The van der Waals surface area contributed by atoms with Gasteiger partial charge in [0.1, 0.15) is 5.69 Å².